The van der Waals surface area contributed by atoms with Crippen LogP contribution in [0.3, 0.4) is 0 Å². The highest BCUT2D eigenvalue weighted by Crippen LogP contribution is 2.38. The SMILES string of the molecule is FCCOc1ccc(-c2nc(-c3ccc(CNCl)cc3)no2)cc1C(F)(F)F. The Morgan fingerprint density at radius 3 is 2.43 bits per heavy atom. The van der Waals surface area contributed by atoms with Gasteiger partial charge in [0.2, 0.25) is 5.82 Å². The fourth-order valence-electron chi connectivity index (χ4n) is 2.47. The lowest BCUT2D eigenvalue weighted by Crippen LogP contribution is -2.10. The monoisotopic (exact) mass is 415 g/mol. The van der Waals surface area contributed by atoms with Gasteiger partial charge in [-0.3, -0.25) is 0 Å². The number of nitrogens with zero attached hydrogens (tertiary/aromatic N) is 2. The van der Waals surface area contributed by atoms with E-state index in [4.69, 9.17) is 21.0 Å². The van der Waals surface area contributed by atoms with Crippen LogP contribution in [0.4, 0.5) is 17.6 Å². The second-order valence-corrected chi connectivity index (χ2v) is 5.94. The third kappa shape index (κ3) is 4.60. The Kier molecular flexibility index (Phi) is 6.15. The average Bonchev–Trinajstić information content (AvgIpc) is 3.16. The molecule has 1 aromatic heterocycles. The van der Waals surface area contributed by atoms with Gasteiger partial charge in [0.15, 0.2) is 0 Å². The summed E-state index contributed by atoms with van der Waals surface area (Å²) in [4.78, 5) is 6.66. The number of benzene rings is 2. The van der Waals surface area contributed by atoms with Crippen molar-refractivity contribution in [3.05, 3.63) is 53.6 Å². The smallest absolute Gasteiger partial charge is 0.419 e. The summed E-state index contributed by atoms with van der Waals surface area (Å²) in [6.07, 6.45) is -4.68. The minimum Gasteiger partial charge on any atom is -0.490 e. The molecule has 3 aromatic rings. The minimum absolute atomic E-state index is 0.0710. The Labute approximate surface area is 162 Å². The Hall–Kier alpha value is -2.65. The van der Waals surface area contributed by atoms with Crippen molar-refractivity contribution in [3.8, 4) is 28.6 Å². The molecule has 3 rings (SSSR count). The van der Waals surface area contributed by atoms with Gasteiger partial charge >= 0.3 is 6.18 Å². The maximum atomic E-state index is 13.3. The van der Waals surface area contributed by atoms with E-state index < -0.39 is 30.8 Å². The minimum atomic E-state index is -4.68. The van der Waals surface area contributed by atoms with Gasteiger partial charge in [-0.2, -0.15) is 18.2 Å². The summed E-state index contributed by atoms with van der Waals surface area (Å²) in [5.41, 5.74) is 0.589. The highest BCUT2D eigenvalue weighted by atomic mass is 35.5. The molecule has 0 spiro atoms. The Balaban J connectivity index is 1.90. The maximum Gasteiger partial charge on any atom is 0.419 e. The lowest BCUT2D eigenvalue weighted by molar-refractivity contribution is -0.138. The van der Waals surface area contributed by atoms with Crippen LogP contribution in [-0.4, -0.2) is 23.4 Å². The molecule has 0 aliphatic heterocycles. The van der Waals surface area contributed by atoms with Crippen molar-refractivity contribution in [3.63, 3.8) is 0 Å². The molecule has 5 nitrogen and oxygen atoms in total. The van der Waals surface area contributed by atoms with Crippen LogP contribution in [-0.2, 0) is 12.7 Å². The molecule has 0 amide bonds. The van der Waals surface area contributed by atoms with Gasteiger partial charge in [0.25, 0.3) is 5.89 Å². The van der Waals surface area contributed by atoms with Crippen molar-refractivity contribution in [2.75, 3.05) is 13.3 Å². The van der Waals surface area contributed by atoms with Crippen LogP contribution < -0.4 is 9.57 Å². The summed E-state index contributed by atoms with van der Waals surface area (Å²) in [7, 11) is 0. The highest BCUT2D eigenvalue weighted by molar-refractivity contribution is 6.13. The van der Waals surface area contributed by atoms with Crippen molar-refractivity contribution in [2.24, 2.45) is 0 Å². The molecule has 0 radical (unpaired) electrons. The molecule has 148 valence electrons. The number of halogens is 5. The van der Waals surface area contributed by atoms with Crippen LogP contribution in [0.15, 0.2) is 47.0 Å². The maximum absolute atomic E-state index is 13.3. The van der Waals surface area contributed by atoms with E-state index in [1.807, 2.05) is 0 Å². The number of aromatic nitrogens is 2. The molecule has 10 heteroatoms. The standard InChI is InChI=1S/C18H14ClF4N3O2/c19-24-10-11-1-3-12(4-2-11)16-25-17(28-26-16)13-5-6-15(27-8-7-20)14(9-13)18(21,22)23/h1-6,9,24H,7-8,10H2. The molecule has 0 aliphatic carbocycles. The van der Waals surface area contributed by atoms with E-state index in [9.17, 15) is 17.6 Å². The van der Waals surface area contributed by atoms with Crippen molar-refractivity contribution in [1.82, 2.24) is 15.0 Å². The molecular formula is C18H14ClF4N3O2. The first-order chi connectivity index (χ1) is 13.4. The second kappa shape index (κ2) is 8.57. The summed E-state index contributed by atoms with van der Waals surface area (Å²) in [6, 6.07) is 10.4. The Bertz CT molecular complexity index is 929. The predicted molar refractivity (Wildman–Crippen MR) is 94.3 cm³/mol. The van der Waals surface area contributed by atoms with E-state index >= 15 is 0 Å². The van der Waals surface area contributed by atoms with E-state index in [-0.39, 0.29) is 17.3 Å². The lowest BCUT2D eigenvalue weighted by atomic mass is 10.1. The van der Waals surface area contributed by atoms with Crippen LogP contribution in [0.2, 0.25) is 0 Å². The van der Waals surface area contributed by atoms with Crippen molar-refractivity contribution in [1.29, 1.82) is 0 Å². The molecule has 0 saturated heterocycles. The van der Waals surface area contributed by atoms with Crippen molar-refractivity contribution in [2.45, 2.75) is 12.7 Å². The Morgan fingerprint density at radius 1 is 1.07 bits per heavy atom. The highest BCUT2D eigenvalue weighted by Gasteiger charge is 2.35. The van der Waals surface area contributed by atoms with Gasteiger partial charge in [-0.05, 0) is 35.5 Å². The van der Waals surface area contributed by atoms with Crippen LogP contribution >= 0.6 is 11.8 Å². The molecule has 28 heavy (non-hydrogen) atoms. The number of hydrogen-bond donors (Lipinski definition) is 1. The topological polar surface area (TPSA) is 60.2 Å². The van der Waals surface area contributed by atoms with Crippen LogP contribution in [0.5, 0.6) is 5.75 Å². The molecular weight excluding hydrogens is 402 g/mol. The largest absolute Gasteiger partial charge is 0.490 e. The molecule has 0 atom stereocenters. The molecule has 0 bridgehead atoms. The van der Waals surface area contributed by atoms with Gasteiger partial charge in [0, 0.05) is 17.7 Å². The predicted octanol–water partition coefficient (Wildman–Crippen LogP) is 5.01. The molecule has 0 unspecified atom stereocenters. The van der Waals surface area contributed by atoms with Crippen LogP contribution in [0.25, 0.3) is 22.8 Å². The van der Waals surface area contributed by atoms with Crippen LogP contribution in [0, 0.1) is 0 Å². The zero-order valence-electron chi connectivity index (χ0n) is 14.3. The first kappa shape index (κ1) is 20.1. The fraction of sp³-hybridized carbons (Fsp3) is 0.222. The third-order valence-corrected chi connectivity index (χ3v) is 3.91. The average molecular weight is 416 g/mol. The molecule has 0 aliphatic rings. The van der Waals surface area contributed by atoms with Gasteiger partial charge in [-0.1, -0.05) is 29.4 Å². The van der Waals surface area contributed by atoms with E-state index in [0.717, 1.165) is 17.7 Å². The van der Waals surface area contributed by atoms with Gasteiger partial charge in [0.05, 0.1) is 5.56 Å². The number of rotatable bonds is 7. The quantitative estimate of drug-likeness (QED) is 0.434. The van der Waals surface area contributed by atoms with E-state index in [1.165, 1.54) is 6.07 Å². The molecule has 0 fully saturated rings. The molecule has 1 N–H and O–H groups in total. The number of hydrogen-bond acceptors (Lipinski definition) is 5. The number of alkyl halides is 4. The Morgan fingerprint density at radius 2 is 1.79 bits per heavy atom. The summed E-state index contributed by atoms with van der Waals surface area (Å²) < 4.78 is 62.0. The van der Waals surface area contributed by atoms with Crippen molar-refractivity contribution < 1.29 is 26.8 Å². The summed E-state index contributed by atoms with van der Waals surface area (Å²) in [5.74, 6) is -0.312. The normalized spacial score (nSPS) is 11.6. The zero-order chi connectivity index (χ0) is 20.1. The van der Waals surface area contributed by atoms with Crippen LogP contribution in [0.1, 0.15) is 11.1 Å². The summed E-state index contributed by atoms with van der Waals surface area (Å²) >= 11 is 5.45. The first-order valence-electron chi connectivity index (χ1n) is 8.09. The second-order valence-electron chi connectivity index (χ2n) is 5.68. The molecule has 2 aromatic carbocycles. The number of nitrogens with one attached hydrogen (secondary N) is 1. The van der Waals surface area contributed by atoms with Gasteiger partial charge in [-0.15, -0.1) is 0 Å². The van der Waals surface area contributed by atoms with Crippen molar-refractivity contribution >= 4 is 11.8 Å². The zero-order valence-corrected chi connectivity index (χ0v) is 15.0. The first-order valence-corrected chi connectivity index (χ1v) is 8.47. The van der Waals surface area contributed by atoms with E-state index in [2.05, 4.69) is 15.0 Å². The summed E-state index contributed by atoms with van der Waals surface area (Å²) in [5, 5.41) is 3.81. The lowest BCUT2D eigenvalue weighted by Gasteiger charge is -2.13. The van der Waals surface area contributed by atoms with E-state index in [0.29, 0.717) is 12.1 Å². The number of ether oxygens (including phenoxy) is 1. The molecule has 0 saturated carbocycles. The van der Waals surface area contributed by atoms with Gasteiger partial charge in [-0.25, -0.2) is 9.23 Å². The van der Waals surface area contributed by atoms with Gasteiger partial charge < -0.3 is 9.26 Å². The van der Waals surface area contributed by atoms with Gasteiger partial charge in [0.1, 0.15) is 19.0 Å². The van der Waals surface area contributed by atoms with E-state index in [1.54, 1.807) is 24.3 Å². The third-order valence-electron chi connectivity index (χ3n) is 3.78. The fourth-order valence-corrected chi connectivity index (χ4v) is 2.62. The summed E-state index contributed by atoms with van der Waals surface area (Å²) in [6.45, 7) is -0.898. The molecule has 1 heterocycles.